The van der Waals surface area contributed by atoms with E-state index >= 15 is 0 Å². The summed E-state index contributed by atoms with van der Waals surface area (Å²) in [7, 11) is 1.70. The normalized spacial score (nSPS) is 12.3. The lowest BCUT2D eigenvalue weighted by atomic mass is 9.97. The van der Waals surface area contributed by atoms with Crippen LogP contribution in [0.5, 0.6) is 0 Å². The van der Waals surface area contributed by atoms with Gasteiger partial charge in [-0.15, -0.1) is 5.10 Å². The summed E-state index contributed by atoms with van der Waals surface area (Å²) in [6, 6.07) is 12.8. The molecule has 2 heterocycles. The van der Waals surface area contributed by atoms with Gasteiger partial charge in [-0.25, -0.2) is 0 Å². The minimum Gasteiger partial charge on any atom is -0.326 e. The number of fused-ring (bicyclic) bond motifs is 1. The fourth-order valence-corrected chi connectivity index (χ4v) is 3.64. The summed E-state index contributed by atoms with van der Waals surface area (Å²) < 4.78 is 1.49. The Bertz CT molecular complexity index is 1310. The van der Waals surface area contributed by atoms with Crippen molar-refractivity contribution in [2.45, 2.75) is 13.5 Å². The van der Waals surface area contributed by atoms with Gasteiger partial charge >= 0.3 is 0 Å². The molecule has 0 fully saturated rings. The molecule has 0 saturated carbocycles. The molecule has 1 aliphatic heterocycles. The van der Waals surface area contributed by atoms with Gasteiger partial charge in [-0.2, -0.15) is 0 Å². The third-order valence-electron chi connectivity index (χ3n) is 5.25. The van der Waals surface area contributed by atoms with Gasteiger partial charge in [-0.1, -0.05) is 42.6 Å². The van der Waals surface area contributed by atoms with Crippen LogP contribution in [-0.4, -0.2) is 37.6 Å². The van der Waals surface area contributed by atoms with E-state index in [-0.39, 0.29) is 29.8 Å². The van der Waals surface area contributed by atoms with Gasteiger partial charge in [0, 0.05) is 25.2 Å². The van der Waals surface area contributed by atoms with Gasteiger partial charge in [-0.05, 0) is 34.9 Å². The van der Waals surface area contributed by atoms with Gasteiger partial charge in [0.15, 0.2) is 0 Å². The molecule has 33 heavy (non-hydrogen) atoms. The van der Waals surface area contributed by atoms with E-state index in [0.717, 1.165) is 16.7 Å². The predicted molar refractivity (Wildman–Crippen MR) is 123 cm³/mol. The summed E-state index contributed by atoms with van der Waals surface area (Å²) in [5.41, 5.74) is 4.45. The number of anilines is 1. The van der Waals surface area contributed by atoms with Crippen molar-refractivity contribution in [3.8, 4) is 11.1 Å². The van der Waals surface area contributed by atoms with E-state index in [4.69, 9.17) is 0 Å². The van der Waals surface area contributed by atoms with E-state index in [0.29, 0.717) is 16.9 Å². The number of hydrogen-bond donors (Lipinski definition) is 2. The molecule has 0 spiro atoms. The highest BCUT2D eigenvalue weighted by Gasteiger charge is 2.33. The molecule has 3 amide bonds. The van der Waals surface area contributed by atoms with E-state index in [2.05, 4.69) is 34.1 Å². The Morgan fingerprint density at radius 2 is 1.76 bits per heavy atom. The first-order valence-corrected chi connectivity index (χ1v) is 10.1. The first kappa shape index (κ1) is 21.7. The van der Waals surface area contributed by atoms with Gasteiger partial charge in [0.05, 0.1) is 18.4 Å². The first-order valence-electron chi connectivity index (χ1n) is 10.1. The summed E-state index contributed by atoms with van der Waals surface area (Å²) in [5.74, 6) is -0.997. The fourth-order valence-electron chi connectivity index (χ4n) is 3.64. The van der Waals surface area contributed by atoms with Crippen LogP contribution in [0, 0.1) is 0 Å². The molecule has 166 valence electrons. The quantitative estimate of drug-likeness (QED) is 0.571. The zero-order valence-corrected chi connectivity index (χ0v) is 18.3. The zero-order valence-electron chi connectivity index (χ0n) is 18.3. The van der Waals surface area contributed by atoms with Crippen molar-refractivity contribution in [2.24, 2.45) is 7.05 Å². The minimum absolute atomic E-state index is 0.00759. The third-order valence-corrected chi connectivity index (χ3v) is 5.25. The maximum Gasteiger partial charge on any atom is 0.271 e. The van der Waals surface area contributed by atoms with Crippen LogP contribution in [-0.2, 0) is 23.2 Å². The van der Waals surface area contributed by atoms with Crippen LogP contribution >= 0.6 is 0 Å². The number of carbonyl (C=O) groups is 3. The number of nitrogens with zero attached hydrogens (tertiary/aromatic N) is 4. The second kappa shape index (κ2) is 8.54. The molecule has 1 aromatic heterocycles. The monoisotopic (exact) mass is 442 g/mol. The van der Waals surface area contributed by atoms with Crippen molar-refractivity contribution >= 4 is 29.1 Å². The van der Waals surface area contributed by atoms with E-state index in [1.54, 1.807) is 37.5 Å². The van der Waals surface area contributed by atoms with E-state index in [1.807, 2.05) is 18.2 Å². The molecule has 9 nitrogen and oxygen atoms in total. The van der Waals surface area contributed by atoms with Gasteiger partial charge < -0.3 is 10.6 Å². The lowest BCUT2D eigenvalue weighted by molar-refractivity contribution is -0.117. The van der Waals surface area contributed by atoms with Gasteiger partial charge in [0.1, 0.15) is 11.4 Å². The molecule has 0 radical (unpaired) electrons. The van der Waals surface area contributed by atoms with Gasteiger partial charge in [0.25, 0.3) is 11.8 Å². The van der Waals surface area contributed by atoms with Crippen LogP contribution in [0.3, 0.4) is 0 Å². The Hall–Kier alpha value is -4.53. The number of benzene rings is 2. The molecule has 2 N–H and O–H groups in total. The van der Waals surface area contributed by atoms with Gasteiger partial charge in [-0.3, -0.25) is 24.0 Å². The topological polar surface area (TPSA) is 109 Å². The molecule has 4 rings (SSSR count). The molecule has 9 heteroatoms. The highest BCUT2D eigenvalue weighted by Crippen LogP contribution is 2.34. The summed E-state index contributed by atoms with van der Waals surface area (Å²) in [6.07, 6.45) is 1.62. The highest BCUT2D eigenvalue weighted by atomic mass is 16.2. The molecule has 0 bridgehead atoms. The lowest BCUT2D eigenvalue weighted by Crippen LogP contribution is -2.34. The number of carbonyl (C=O) groups excluding carboxylic acids is 3. The third kappa shape index (κ3) is 4.29. The summed E-state index contributed by atoms with van der Waals surface area (Å²) >= 11 is 0. The van der Waals surface area contributed by atoms with Crippen LogP contribution in [0.15, 0.2) is 67.5 Å². The SMILES string of the molecule is C=C(NC(=O)C(=C)N1Cc2c(cccc2-c2ccc(NC(C)=O)cc2)C1=O)c1cn(C)nn1. The number of aromatic nitrogens is 3. The molecule has 1 aliphatic rings. The van der Waals surface area contributed by atoms with Crippen LogP contribution < -0.4 is 10.6 Å². The van der Waals surface area contributed by atoms with Crippen LogP contribution in [0.1, 0.15) is 28.5 Å². The first-order chi connectivity index (χ1) is 15.7. The van der Waals surface area contributed by atoms with Crippen LogP contribution in [0.25, 0.3) is 16.8 Å². The second-order valence-electron chi connectivity index (χ2n) is 7.64. The van der Waals surface area contributed by atoms with Crippen LogP contribution in [0.2, 0.25) is 0 Å². The molecule has 2 aromatic carbocycles. The highest BCUT2D eigenvalue weighted by molar-refractivity contribution is 6.07. The molecule has 3 aromatic rings. The number of aryl methyl sites for hydroxylation is 1. The minimum atomic E-state index is -0.548. The predicted octanol–water partition coefficient (Wildman–Crippen LogP) is 2.70. The average molecular weight is 442 g/mol. The standard InChI is InChI=1S/C24H22N6O3/c1-14(22-13-29(4)28-27-22)25-23(32)15(2)30-12-21-19(6-5-7-20(21)24(30)33)17-8-10-18(11-9-17)26-16(3)31/h5-11,13H,1-2,12H2,3-4H3,(H,25,32)(H,26,31). The van der Waals surface area contributed by atoms with Gasteiger partial charge in [0.2, 0.25) is 5.91 Å². The van der Waals surface area contributed by atoms with E-state index < -0.39 is 5.91 Å². The van der Waals surface area contributed by atoms with Crippen molar-refractivity contribution in [2.75, 3.05) is 5.32 Å². The zero-order chi connectivity index (χ0) is 23.7. The summed E-state index contributed by atoms with van der Waals surface area (Å²) in [6.45, 7) is 9.30. The van der Waals surface area contributed by atoms with Crippen molar-refractivity contribution in [1.82, 2.24) is 25.2 Å². The summed E-state index contributed by atoms with van der Waals surface area (Å²) in [5, 5.41) is 13.1. The van der Waals surface area contributed by atoms with Crippen molar-refractivity contribution in [3.63, 3.8) is 0 Å². The molecular formula is C24H22N6O3. The number of nitrogens with one attached hydrogen (secondary N) is 2. The molecule has 0 aliphatic carbocycles. The van der Waals surface area contributed by atoms with Crippen molar-refractivity contribution < 1.29 is 14.4 Å². The Labute approximate surface area is 190 Å². The smallest absolute Gasteiger partial charge is 0.271 e. The lowest BCUT2D eigenvalue weighted by Gasteiger charge is -2.18. The number of rotatable bonds is 6. The Morgan fingerprint density at radius 3 is 2.39 bits per heavy atom. The average Bonchev–Trinajstić information content (AvgIpc) is 3.37. The van der Waals surface area contributed by atoms with E-state index in [1.165, 1.54) is 16.5 Å². The number of hydrogen-bond acceptors (Lipinski definition) is 5. The molecule has 0 saturated heterocycles. The second-order valence-corrected chi connectivity index (χ2v) is 7.64. The maximum atomic E-state index is 13.1. The Balaban J connectivity index is 1.53. The molecule has 0 atom stereocenters. The largest absolute Gasteiger partial charge is 0.326 e. The maximum absolute atomic E-state index is 13.1. The van der Waals surface area contributed by atoms with E-state index in [9.17, 15) is 14.4 Å². The number of amides is 3. The molecule has 0 unspecified atom stereocenters. The van der Waals surface area contributed by atoms with Crippen molar-refractivity contribution in [1.29, 1.82) is 0 Å². The van der Waals surface area contributed by atoms with Crippen LogP contribution in [0.4, 0.5) is 5.69 Å². The Kier molecular flexibility index (Phi) is 5.61. The van der Waals surface area contributed by atoms with Crippen molar-refractivity contribution in [3.05, 3.63) is 84.3 Å². The molecular weight excluding hydrogens is 420 g/mol. The fraction of sp³-hybridized carbons (Fsp3) is 0.125. The summed E-state index contributed by atoms with van der Waals surface area (Å²) in [4.78, 5) is 38.4. The Morgan fingerprint density at radius 1 is 1.06 bits per heavy atom.